The lowest BCUT2D eigenvalue weighted by Crippen LogP contribution is -2.22. The fourth-order valence-electron chi connectivity index (χ4n) is 1.90. The lowest BCUT2D eigenvalue weighted by molar-refractivity contribution is 0.0954. The van der Waals surface area contributed by atoms with Crippen LogP contribution >= 0.6 is 11.3 Å². The van der Waals surface area contributed by atoms with Crippen LogP contribution in [0.1, 0.15) is 27.7 Å². The zero-order valence-corrected chi connectivity index (χ0v) is 12.2. The number of carbonyl (C=O) groups is 1. The second-order valence-electron chi connectivity index (χ2n) is 4.28. The highest BCUT2D eigenvalue weighted by molar-refractivity contribution is 7.12. The average molecular weight is 293 g/mol. The molecule has 1 aromatic carbocycles. The summed E-state index contributed by atoms with van der Waals surface area (Å²) < 4.78 is 18.4. The summed E-state index contributed by atoms with van der Waals surface area (Å²) in [5, 5.41) is 4.71. The van der Waals surface area contributed by atoms with Gasteiger partial charge in [0.25, 0.3) is 5.91 Å². The average Bonchev–Trinajstić information content (AvgIpc) is 2.93. The third-order valence-corrected chi connectivity index (χ3v) is 3.96. The summed E-state index contributed by atoms with van der Waals surface area (Å²) in [7, 11) is 1.42. The molecule has 0 bridgehead atoms. The smallest absolute Gasteiger partial charge is 0.261 e. The minimum atomic E-state index is -0.426. The molecule has 3 nitrogen and oxygen atoms in total. The quantitative estimate of drug-likeness (QED) is 0.917. The molecule has 0 saturated heterocycles. The van der Waals surface area contributed by atoms with E-state index in [2.05, 4.69) is 5.32 Å². The van der Waals surface area contributed by atoms with Crippen molar-refractivity contribution in [3.63, 3.8) is 0 Å². The van der Waals surface area contributed by atoms with Gasteiger partial charge in [0.1, 0.15) is 0 Å². The third kappa shape index (κ3) is 3.17. The highest BCUT2D eigenvalue weighted by atomic mass is 32.1. The Morgan fingerprint density at radius 1 is 1.40 bits per heavy atom. The number of nitrogens with one attached hydrogen (secondary N) is 1. The van der Waals surface area contributed by atoms with Gasteiger partial charge in [-0.3, -0.25) is 4.79 Å². The van der Waals surface area contributed by atoms with E-state index in [-0.39, 0.29) is 11.7 Å². The summed E-state index contributed by atoms with van der Waals surface area (Å²) in [4.78, 5) is 12.8. The molecule has 1 aromatic heterocycles. The van der Waals surface area contributed by atoms with Crippen molar-refractivity contribution in [1.29, 1.82) is 0 Å². The minimum absolute atomic E-state index is 0.118. The maximum absolute atomic E-state index is 13.5. The summed E-state index contributed by atoms with van der Waals surface area (Å²) >= 11 is 1.42. The standard InChI is InChI=1S/C15H16FNO2S/c1-3-11-6-7-20-14(11)15(18)17-9-10-4-5-13(19-2)12(16)8-10/h4-8H,3,9H2,1-2H3,(H,17,18). The van der Waals surface area contributed by atoms with Crippen molar-refractivity contribution in [2.75, 3.05) is 7.11 Å². The van der Waals surface area contributed by atoms with Gasteiger partial charge < -0.3 is 10.1 Å². The van der Waals surface area contributed by atoms with Crippen molar-refractivity contribution < 1.29 is 13.9 Å². The Hall–Kier alpha value is -1.88. The van der Waals surface area contributed by atoms with Crippen LogP contribution in [0.2, 0.25) is 0 Å². The number of carbonyl (C=O) groups excluding carboxylic acids is 1. The number of thiophene rings is 1. The van der Waals surface area contributed by atoms with Crippen molar-refractivity contribution >= 4 is 17.2 Å². The molecule has 20 heavy (non-hydrogen) atoms. The predicted octanol–water partition coefficient (Wildman–Crippen LogP) is 3.39. The molecule has 1 heterocycles. The number of hydrogen-bond donors (Lipinski definition) is 1. The Labute approximate surface area is 121 Å². The third-order valence-electron chi connectivity index (χ3n) is 3.00. The number of benzene rings is 1. The Kier molecular flexibility index (Phi) is 4.74. The lowest BCUT2D eigenvalue weighted by atomic mass is 10.2. The van der Waals surface area contributed by atoms with Crippen LogP contribution in [0, 0.1) is 5.82 Å². The number of rotatable bonds is 5. The van der Waals surface area contributed by atoms with Crippen LogP contribution in [0.3, 0.4) is 0 Å². The van der Waals surface area contributed by atoms with Gasteiger partial charge in [0.2, 0.25) is 0 Å². The first-order valence-corrected chi connectivity index (χ1v) is 7.20. The van der Waals surface area contributed by atoms with Crippen LogP contribution in [0.5, 0.6) is 5.75 Å². The molecule has 0 aliphatic carbocycles. The van der Waals surface area contributed by atoms with Gasteiger partial charge in [0.15, 0.2) is 11.6 Å². The minimum Gasteiger partial charge on any atom is -0.494 e. The first-order chi connectivity index (χ1) is 9.65. The number of halogens is 1. The Bertz CT molecular complexity index is 610. The summed E-state index contributed by atoms with van der Waals surface area (Å²) in [5.74, 6) is -0.343. The van der Waals surface area contributed by atoms with Crippen LogP contribution in [-0.2, 0) is 13.0 Å². The first kappa shape index (κ1) is 14.5. The summed E-state index contributed by atoms with van der Waals surface area (Å²) in [5.41, 5.74) is 1.74. The molecule has 0 aliphatic heterocycles. The molecule has 1 N–H and O–H groups in total. The maximum atomic E-state index is 13.5. The van der Waals surface area contributed by atoms with Crippen LogP contribution in [0.4, 0.5) is 4.39 Å². The number of amides is 1. The van der Waals surface area contributed by atoms with E-state index in [0.29, 0.717) is 12.1 Å². The van der Waals surface area contributed by atoms with E-state index in [4.69, 9.17) is 4.74 Å². The van der Waals surface area contributed by atoms with Gasteiger partial charge in [0, 0.05) is 6.54 Å². The summed E-state index contributed by atoms with van der Waals surface area (Å²) in [6.45, 7) is 2.30. The number of ether oxygens (including phenoxy) is 1. The highest BCUT2D eigenvalue weighted by Crippen LogP contribution is 2.19. The lowest BCUT2D eigenvalue weighted by Gasteiger charge is -2.07. The maximum Gasteiger partial charge on any atom is 0.261 e. The van der Waals surface area contributed by atoms with Crippen LogP contribution < -0.4 is 10.1 Å². The van der Waals surface area contributed by atoms with Gasteiger partial charge in [-0.1, -0.05) is 13.0 Å². The molecule has 5 heteroatoms. The molecule has 0 aliphatic rings. The van der Waals surface area contributed by atoms with Crippen LogP contribution in [0.25, 0.3) is 0 Å². The topological polar surface area (TPSA) is 38.3 Å². The molecule has 0 spiro atoms. The van der Waals surface area contributed by atoms with E-state index >= 15 is 0 Å². The zero-order chi connectivity index (χ0) is 14.5. The Morgan fingerprint density at radius 3 is 2.85 bits per heavy atom. The molecule has 0 atom stereocenters. The second kappa shape index (κ2) is 6.52. The molecule has 0 unspecified atom stereocenters. The molecule has 1 amide bonds. The Morgan fingerprint density at radius 2 is 2.20 bits per heavy atom. The monoisotopic (exact) mass is 293 g/mol. The molecule has 0 saturated carbocycles. The van der Waals surface area contributed by atoms with E-state index in [0.717, 1.165) is 16.9 Å². The van der Waals surface area contributed by atoms with E-state index < -0.39 is 5.82 Å². The van der Waals surface area contributed by atoms with Gasteiger partial charge in [-0.15, -0.1) is 11.3 Å². The van der Waals surface area contributed by atoms with Gasteiger partial charge in [-0.05, 0) is 41.1 Å². The summed E-state index contributed by atoms with van der Waals surface area (Å²) in [6.07, 6.45) is 0.823. The van der Waals surface area contributed by atoms with E-state index in [1.165, 1.54) is 24.5 Å². The van der Waals surface area contributed by atoms with Crippen molar-refractivity contribution in [3.8, 4) is 5.75 Å². The SMILES string of the molecule is CCc1ccsc1C(=O)NCc1ccc(OC)c(F)c1. The number of methoxy groups -OCH3 is 1. The van der Waals surface area contributed by atoms with Crippen molar-refractivity contribution in [3.05, 3.63) is 51.5 Å². The molecule has 2 aromatic rings. The van der Waals surface area contributed by atoms with Gasteiger partial charge in [-0.25, -0.2) is 4.39 Å². The number of aryl methyl sites for hydroxylation is 1. The first-order valence-electron chi connectivity index (χ1n) is 6.32. The summed E-state index contributed by atoms with van der Waals surface area (Å²) in [6, 6.07) is 6.61. The largest absolute Gasteiger partial charge is 0.494 e. The molecular formula is C15H16FNO2S. The van der Waals surface area contributed by atoms with Gasteiger partial charge >= 0.3 is 0 Å². The fraction of sp³-hybridized carbons (Fsp3) is 0.267. The molecule has 106 valence electrons. The highest BCUT2D eigenvalue weighted by Gasteiger charge is 2.12. The fourth-order valence-corrected chi connectivity index (χ4v) is 2.81. The van der Waals surface area contributed by atoms with Crippen molar-refractivity contribution in [2.45, 2.75) is 19.9 Å². The molecular weight excluding hydrogens is 277 g/mol. The molecule has 0 fully saturated rings. The van der Waals surface area contributed by atoms with Crippen molar-refractivity contribution in [2.24, 2.45) is 0 Å². The van der Waals surface area contributed by atoms with E-state index in [9.17, 15) is 9.18 Å². The second-order valence-corrected chi connectivity index (χ2v) is 5.20. The normalized spacial score (nSPS) is 10.3. The number of hydrogen-bond acceptors (Lipinski definition) is 3. The molecule has 0 radical (unpaired) electrons. The van der Waals surface area contributed by atoms with E-state index in [1.807, 2.05) is 18.4 Å². The van der Waals surface area contributed by atoms with E-state index in [1.54, 1.807) is 12.1 Å². The van der Waals surface area contributed by atoms with Crippen molar-refractivity contribution in [1.82, 2.24) is 5.32 Å². The van der Waals surface area contributed by atoms with Crippen LogP contribution in [-0.4, -0.2) is 13.0 Å². The van der Waals surface area contributed by atoms with Gasteiger partial charge in [0.05, 0.1) is 12.0 Å². The Balaban J connectivity index is 2.02. The zero-order valence-electron chi connectivity index (χ0n) is 11.4. The van der Waals surface area contributed by atoms with Gasteiger partial charge in [-0.2, -0.15) is 0 Å². The predicted molar refractivity (Wildman–Crippen MR) is 77.8 cm³/mol. The molecule has 2 rings (SSSR count). The van der Waals surface area contributed by atoms with Crippen LogP contribution in [0.15, 0.2) is 29.6 Å².